The van der Waals surface area contributed by atoms with Crippen LogP contribution in [0.5, 0.6) is 0 Å². The Hall–Kier alpha value is -1.57. The van der Waals surface area contributed by atoms with Crippen molar-refractivity contribution in [2.45, 2.75) is 220 Å². The van der Waals surface area contributed by atoms with Crippen LogP contribution in [0.2, 0.25) is 0 Å². The van der Waals surface area contributed by atoms with Crippen LogP contribution in [-0.2, 0) is 25.9 Å². The summed E-state index contributed by atoms with van der Waals surface area (Å²) < 4.78 is 5.20. The van der Waals surface area contributed by atoms with Crippen molar-refractivity contribution in [3.8, 4) is 0 Å². The lowest BCUT2D eigenvalue weighted by Crippen LogP contribution is -2.37. The zero-order chi connectivity index (χ0) is 31.9. The Morgan fingerprint density at radius 3 is 1.33 bits per heavy atom. The number of rotatable bonds is 33. The molecule has 0 aliphatic carbocycles. The first kappa shape index (κ1) is 39.6. The van der Waals surface area contributed by atoms with Gasteiger partial charge in [-0.15, -0.1) is 0 Å². The smallest absolute Gasteiger partial charge is 0.234 e. The molecule has 0 saturated carbocycles. The van der Waals surface area contributed by atoms with Gasteiger partial charge in [-0.1, -0.05) is 198 Å². The number of aryl methyl sites for hydroxylation is 3. The molecule has 45 heavy (non-hydrogen) atoms. The summed E-state index contributed by atoms with van der Waals surface area (Å²) in [4.78, 5) is 0. The number of unbranched alkanes of at least 4 members (excludes halogenated alkanes) is 25. The zero-order valence-corrected chi connectivity index (χ0v) is 30.6. The van der Waals surface area contributed by atoms with Gasteiger partial charge in [-0.2, -0.15) is 0 Å². The number of hydrogen-bond acceptors (Lipinski definition) is 0. The normalized spacial score (nSPS) is 11.5. The Balaban J connectivity index is 1.59. The van der Waals surface area contributed by atoms with E-state index in [1.54, 1.807) is 5.82 Å². The quantitative estimate of drug-likeness (QED) is 0.0554. The Kier molecular flexibility index (Phi) is 26.2. The van der Waals surface area contributed by atoms with Crippen molar-refractivity contribution < 1.29 is 4.57 Å². The lowest BCUT2D eigenvalue weighted by atomic mass is 10.0. The predicted molar refractivity (Wildman–Crippen MR) is 199 cm³/mol. The van der Waals surface area contributed by atoms with E-state index in [1.165, 1.54) is 205 Å². The molecular formula is C43H77N2+. The minimum Gasteiger partial charge on any atom is -0.234 e. The molecule has 0 saturated heterocycles. The summed E-state index contributed by atoms with van der Waals surface area (Å²) in [6, 6.07) is 11.0. The average Bonchev–Trinajstić information content (AvgIpc) is 3.44. The van der Waals surface area contributed by atoms with Gasteiger partial charge in [0.05, 0.1) is 13.1 Å². The molecule has 2 aromatic rings. The molecule has 1 aromatic carbocycles. The summed E-state index contributed by atoms with van der Waals surface area (Å²) in [6.45, 7) is 6.97. The number of aromatic nitrogens is 2. The van der Waals surface area contributed by atoms with Gasteiger partial charge in [0, 0.05) is 6.42 Å². The fourth-order valence-corrected chi connectivity index (χ4v) is 7.07. The molecular weight excluding hydrogens is 544 g/mol. The first-order valence-corrected chi connectivity index (χ1v) is 20.5. The molecule has 0 aliphatic rings. The first-order valence-electron chi connectivity index (χ1n) is 20.5. The van der Waals surface area contributed by atoms with Gasteiger partial charge in [-0.05, 0) is 37.7 Å². The lowest BCUT2D eigenvalue weighted by molar-refractivity contribution is -0.704. The van der Waals surface area contributed by atoms with Crippen molar-refractivity contribution >= 4 is 0 Å². The lowest BCUT2D eigenvalue weighted by Gasteiger charge is -2.07. The third-order valence-corrected chi connectivity index (χ3v) is 10.1. The van der Waals surface area contributed by atoms with Crippen molar-refractivity contribution in [2.75, 3.05) is 0 Å². The van der Waals surface area contributed by atoms with E-state index in [2.05, 4.69) is 65.7 Å². The molecule has 0 bridgehead atoms. The van der Waals surface area contributed by atoms with E-state index in [0.29, 0.717) is 0 Å². The monoisotopic (exact) mass is 622 g/mol. The molecule has 2 rings (SSSR count). The highest BCUT2D eigenvalue weighted by molar-refractivity contribution is 5.14. The minimum atomic E-state index is 1.15. The number of nitrogens with zero attached hydrogens (tertiary/aromatic N) is 2. The summed E-state index contributed by atoms with van der Waals surface area (Å²) in [7, 11) is 0. The first-order chi connectivity index (χ1) is 22.3. The molecule has 1 heterocycles. The predicted octanol–water partition coefficient (Wildman–Crippen LogP) is 13.5. The van der Waals surface area contributed by atoms with Crippen molar-refractivity contribution in [3.05, 3.63) is 54.1 Å². The van der Waals surface area contributed by atoms with Gasteiger partial charge >= 0.3 is 0 Å². The van der Waals surface area contributed by atoms with Crippen LogP contribution < -0.4 is 4.57 Å². The van der Waals surface area contributed by atoms with Gasteiger partial charge in [0.2, 0.25) is 0 Å². The summed E-state index contributed by atoms with van der Waals surface area (Å²) in [6.07, 6.45) is 47.1. The molecule has 0 atom stereocenters. The fourth-order valence-electron chi connectivity index (χ4n) is 7.07. The van der Waals surface area contributed by atoms with Crippen LogP contribution >= 0.6 is 0 Å². The van der Waals surface area contributed by atoms with E-state index in [9.17, 15) is 0 Å². The SMILES string of the molecule is CCCCCCCCCCCCCCCCCCn1cc[n+](CCCc2ccccc2)c1CCCCCCCCCCCCC. The molecule has 1 aromatic heterocycles. The van der Waals surface area contributed by atoms with E-state index in [1.807, 2.05) is 0 Å². The van der Waals surface area contributed by atoms with Crippen molar-refractivity contribution in [1.29, 1.82) is 0 Å². The Morgan fingerprint density at radius 1 is 0.444 bits per heavy atom. The van der Waals surface area contributed by atoms with Crippen molar-refractivity contribution in [3.63, 3.8) is 0 Å². The van der Waals surface area contributed by atoms with Crippen LogP contribution in [0.4, 0.5) is 0 Å². The van der Waals surface area contributed by atoms with Crippen LogP contribution in [0, 0.1) is 0 Å². The van der Waals surface area contributed by atoms with Gasteiger partial charge in [-0.25, -0.2) is 9.13 Å². The second-order valence-electron chi connectivity index (χ2n) is 14.3. The molecule has 0 unspecified atom stereocenters. The van der Waals surface area contributed by atoms with E-state index in [4.69, 9.17) is 0 Å². The van der Waals surface area contributed by atoms with E-state index in [0.717, 1.165) is 6.54 Å². The summed E-state index contributed by atoms with van der Waals surface area (Å²) in [5.74, 6) is 1.58. The third kappa shape index (κ3) is 21.8. The second kappa shape index (κ2) is 29.8. The maximum atomic E-state index is 2.61. The van der Waals surface area contributed by atoms with Crippen LogP contribution in [0.1, 0.15) is 205 Å². The van der Waals surface area contributed by atoms with E-state index < -0.39 is 0 Å². The number of benzene rings is 1. The zero-order valence-electron chi connectivity index (χ0n) is 30.6. The molecule has 0 amide bonds. The average molecular weight is 622 g/mol. The molecule has 0 radical (unpaired) electrons. The Labute approximate surface area is 282 Å². The van der Waals surface area contributed by atoms with Crippen molar-refractivity contribution in [2.24, 2.45) is 0 Å². The molecule has 0 fully saturated rings. The summed E-state index contributed by atoms with van der Waals surface area (Å²) in [5.41, 5.74) is 1.47. The third-order valence-electron chi connectivity index (χ3n) is 10.1. The number of hydrogen-bond donors (Lipinski definition) is 0. The molecule has 0 N–H and O–H groups in total. The second-order valence-corrected chi connectivity index (χ2v) is 14.3. The molecule has 0 aliphatic heterocycles. The van der Waals surface area contributed by atoms with Crippen LogP contribution in [-0.4, -0.2) is 4.57 Å². The highest BCUT2D eigenvalue weighted by atomic mass is 15.1. The number of imidazole rings is 1. The highest BCUT2D eigenvalue weighted by Gasteiger charge is 2.16. The van der Waals surface area contributed by atoms with Gasteiger partial charge in [0.1, 0.15) is 12.4 Å². The summed E-state index contributed by atoms with van der Waals surface area (Å²) in [5, 5.41) is 0. The minimum absolute atomic E-state index is 1.15. The van der Waals surface area contributed by atoms with Gasteiger partial charge < -0.3 is 0 Å². The fraction of sp³-hybridized carbons (Fsp3) is 0.791. The highest BCUT2D eigenvalue weighted by Crippen LogP contribution is 2.16. The molecule has 0 spiro atoms. The van der Waals surface area contributed by atoms with Gasteiger partial charge in [0.15, 0.2) is 0 Å². The van der Waals surface area contributed by atoms with Gasteiger partial charge in [0.25, 0.3) is 5.82 Å². The van der Waals surface area contributed by atoms with E-state index >= 15 is 0 Å². The maximum absolute atomic E-state index is 2.61. The van der Waals surface area contributed by atoms with Crippen molar-refractivity contribution in [1.82, 2.24) is 4.57 Å². The molecule has 2 nitrogen and oxygen atoms in total. The molecule has 258 valence electrons. The van der Waals surface area contributed by atoms with Crippen LogP contribution in [0.25, 0.3) is 0 Å². The molecule has 2 heteroatoms. The van der Waals surface area contributed by atoms with Crippen LogP contribution in [0.15, 0.2) is 42.7 Å². The Morgan fingerprint density at radius 2 is 0.867 bits per heavy atom. The Bertz CT molecular complexity index is 869. The summed E-state index contributed by atoms with van der Waals surface area (Å²) >= 11 is 0. The van der Waals surface area contributed by atoms with Gasteiger partial charge in [-0.3, -0.25) is 0 Å². The maximum Gasteiger partial charge on any atom is 0.256 e. The van der Waals surface area contributed by atoms with Crippen LogP contribution in [0.3, 0.4) is 0 Å². The topological polar surface area (TPSA) is 8.81 Å². The largest absolute Gasteiger partial charge is 0.256 e. The standard InChI is InChI=1S/C43H77N2/c1-3-5-7-9-11-13-15-16-17-18-19-21-23-25-27-32-38-44-40-41-45(39-33-36-42-34-29-28-30-35-42)43(44)37-31-26-24-22-20-14-12-10-8-6-4-2/h28-30,34-35,40-41H,3-27,31-33,36-39H2,1-2H3/q+1. The van der Waals surface area contributed by atoms with E-state index in [-0.39, 0.29) is 0 Å².